The van der Waals surface area contributed by atoms with Crippen molar-refractivity contribution >= 4 is 35.3 Å². The lowest BCUT2D eigenvalue weighted by Gasteiger charge is -2.11. The van der Waals surface area contributed by atoms with Crippen molar-refractivity contribution in [2.45, 2.75) is 32.5 Å². The second kappa shape index (κ2) is 12.9. The monoisotopic (exact) mass is 526 g/mol. The molecular formula is C26H30N4O6S. The Morgan fingerprint density at radius 2 is 1.59 bits per heavy atom. The zero-order chi connectivity index (χ0) is 26.9. The van der Waals surface area contributed by atoms with Gasteiger partial charge in [-0.2, -0.15) is 0 Å². The van der Waals surface area contributed by atoms with Crippen molar-refractivity contribution in [3.63, 3.8) is 0 Å². The number of aromatic nitrogens is 3. The van der Waals surface area contributed by atoms with Gasteiger partial charge in [-0.05, 0) is 55.3 Å². The summed E-state index contributed by atoms with van der Waals surface area (Å²) in [6.45, 7) is 7.42. The Hall–Kier alpha value is -3.86. The zero-order valence-electron chi connectivity index (χ0n) is 21.4. The molecule has 3 aromatic rings. The maximum absolute atomic E-state index is 12.7. The summed E-state index contributed by atoms with van der Waals surface area (Å²) in [5, 5.41) is 11.9. The Labute approximate surface area is 219 Å². The summed E-state index contributed by atoms with van der Waals surface area (Å²) in [5.41, 5.74) is 1.39. The number of esters is 2. The Kier molecular flexibility index (Phi) is 9.67. The molecule has 3 rings (SSSR count). The predicted molar refractivity (Wildman–Crippen MR) is 140 cm³/mol. The fraction of sp³-hybridized carbons (Fsp3) is 0.346. The van der Waals surface area contributed by atoms with E-state index >= 15 is 0 Å². The summed E-state index contributed by atoms with van der Waals surface area (Å²) < 4.78 is 17.1. The number of anilines is 1. The highest BCUT2D eigenvalue weighted by Crippen LogP contribution is 2.26. The van der Waals surface area contributed by atoms with Crippen molar-refractivity contribution < 1.29 is 28.6 Å². The van der Waals surface area contributed by atoms with Crippen molar-refractivity contribution in [1.82, 2.24) is 14.8 Å². The zero-order valence-corrected chi connectivity index (χ0v) is 22.3. The fourth-order valence-corrected chi connectivity index (χ4v) is 4.16. The summed E-state index contributed by atoms with van der Waals surface area (Å²) >= 11 is 1.23. The van der Waals surface area contributed by atoms with Crippen LogP contribution in [-0.2, 0) is 20.8 Å². The van der Waals surface area contributed by atoms with E-state index in [-0.39, 0.29) is 28.5 Å². The number of nitrogens with zero attached hydrogens (tertiary/aromatic N) is 3. The van der Waals surface area contributed by atoms with Crippen molar-refractivity contribution in [2.75, 3.05) is 31.9 Å². The van der Waals surface area contributed by atoms with Gasteiger partial charge in [0.15, 0.2) is 11.0 Å². The second-order valence-electron chi connectivity index (χ2n) is 8.40. The molecule has 0 spiro atoms. The number of carbonyl (C=O) groups excluding carboxylic acids is 3. The smallest absolute Gasteiger partial charge is 0.337 e. The van der Waals surface area contributed by atoms with Gasteiger partial charge in [0.05, 0.1) is 37.7 Å². The number of hydrogen-bond acceptors (Lipinski definition) is 9. The van der Waals surface area contributed by atoms with Crippen LogP contribution < -0.4 is 10.1 Å². The molecule has 0 aliphatic heterocycles. The topological polar surface area (TPSA) is 122 Å². The van der Waals surface area contributed by atoms with Gasteiger partial charge in [0.1, 0.15) is 5.75 Å². The van der Waals surface area contributed by atoms with E-state index in [1.165, 1.54) is 44.2 Å². The molecule has 0 fully saturated rings. The molecule has 0 aliphatic rings. The van der Waals surface area contributed by atoms with Gasteiger partial charge >= 0.3 is 11.9 Å². The van der Waals surface area contributed by atoms with Crippen LogP contribution in [0.25, 0.3) is 11.4 Å². The average Bonchev–Trinajstić information content (AvgIpc) is 3.32. The first kappa shape index (κ1) is 27.7. The summed E-state index contributed by atoms with van der Waals surface area (Å²) in [6, 6.07) is 11.9. The van der Waals surface area contributed by atoms with Crippen LogP contribution in [0.1, 0.15) is 41.5 Å². The van der Waals surface area contributed by atoms with E-state index in [1.807, 2.05) is 35.8 Å². The maximum Gasteiger partial charge on any atom is 0.337 e. The number of ether oxygens (including phenoxy) is 3. The lowest BCUT2D eigenvalue weighted by molar-refractivity contribution is -0.113. The van der Waals surface area contributed by atoms with E-state index in [0.717, 1.165) is 11.3 Å². The summed E-state index contributed by atoms with van der Waals surface area (Å²) in [5.74, 6) is 0.327. The number of benzene rings is 2. The molecule has 0 saturated heterocycles. The van der Waals surface area contributed by atoms with E-state index in [1.54, 1.807) is 0 Å². The van der Waals surface area contributed by atoms with Crippen molar-refractivity contribution in [2.24, 2.45) is 5.92 Å². The molecule has 0 saturated carbocycles. The Morgan fingerprint density at radius 3 is 2.14 bits per heavy atom. The molecule has 196 valence electrons. The molecule has 2 aromatic carbocycles. The SMILES string of the molecule is CCn1c(SCC(=O)Nc2cc(C(=O)OC)cc(C(=O)OC)c2)nnc1-c1ccc(OCC(C)C)cc1. The molecule has 0 radical (unpaired) electrons. The van der Waals surface area contributed by atoms with Gasteiger partial charge in [0, 0.05) is 17.8 Å². The summed E-state index contributed by atoms with van der Waals surface area (Å²) in [7, 11) is 2.46. The van der Waals surface area contributed by atoms with Gasteiger partial charge < -0.3 is 24.1 Å². The molecule has 10 nitrogen and oxygen atoms in total. The fourth-order valence-electron chi connectivity index (χ4n) is 3.36. The predicted octanol–water partition coefficient (Wildman–Crippen LogP) is 4.30. The maximum atomic E-state index is 12.7. The minimum Gasteiger partial charge on any atom is -0.493 e. The largest absolute Gasteiger partial charge is 0.493 e. The normalized spacial score (nSPS) is 10.8. The molecular weight excluding hydrogens is 496 g/mol. The van der Waals surface area contributed by atoms with Crippen LogP contribution in [0.3, 0.4) is 0 Å². The number of methoxy groups -OCH3 is 2. The number of thioether (sulfide) groups is 1. The molecule has 1 amide bonds. The highest BCUT2D eigenvalue weighted by Gasteiger charge is 2.17. The lowest BCUT2D eigenvalue weighted by atomic mass is 10.1. The molecule has 0 atom stereocenters. The van der Waals surface area contributed by atoms with Gasteiger partial charge in [-0.25, -0.2) is 9.59 Å². The third-order valence-corrected chi connectivity index (χ3v) is 6.09. The van der Waals surface area contributed by atoms with Gasteiger partial charge in [-0.15, -0.1) is 10.2 Å². The lowest BCUT2D eigenvalue weighted by Crippen LogP contribution is -2.16. The first-order chi connectivity index (χ1) is 17.7. The number of hydrogen-bond donors (Lipinski definition) is 1. The summed E-state index contributed by atoms with van der Waals surface area (Å²) in [4.78, 5) is 36.6. The second-order valence-corrected chi connectivity index (χ2v) is 9.34. The Balaban J connectivity index is 1.70. The van der Waals surface area contributed by atoms with Gasteiger partial charge in [-0.1, -0.05) is 25.6 Å². The third kappa shape index (κ3) is 7.32. The minimum atomic E-state index is -0.640. The molecule has 0 aliphatic carbocycles. The molecule has 37 heavy (non-hydrogen) atoms. The van der Waals surface area contributed by atoms with Crippen LogP contribution in [0, 0.1) is 5.92 Å². The van der Waals surface area contributed by atoms with Crippen LogP contribution in [-0.4, -0.2) is 59.2 Å². The van der Waals surface area contributed by atoms with Crippen molar-refractivity contribution in [1.29, 1.82) is 0 Å². The van der Waals surface area contributed by atoms with Crippen molar-refractivity contribution in [3.8, 4) is 17.1 Å². The average molecular weight is 527 g/mol. The molecule has 0 unspecified atom stereocenters. The van der Waals surface area contributed by atoms with Crippen LogP contribution in [0.4, 0.5) is 5.69 Å². The first-order valence-electron chi connectivity index (χ1n) is 11.7. The molecule has 1 aromatic heterocycles. The minimum absolute atomic E-state index is 0.0378. The standard InChI is InChI=1S/C26H30N4O6S/c1-6-30-23(17-7-9-21(10-8-17)36-14-16(2)3)28-29-26(30)37-15-22(31)27-20-12-18(24(32)34-4)11-19(13-20)25(33)35-5/h7-13,16H,6,14-15H2,1-5H3,(H,27,31). The quantitative estimate of drug-likeness (QED) is 0.288. The Bertz CT molecular complexity index is 1220. The number of rotatable bonds is 11. The number of amides is 1. The van der Waals surface area contributed by atoms with E-state index < -0.39 is 11.9 Å². The van der Waals surface area contributed by atoms with Crippen molar-refractivity contribution in [3.05, 3.63) is 53.6 Å². The van der Waals surface area contributed by atoms with Crippen LogP contribution >= 0.6 is 11.8 Å². The highest BCUT2D eigenvalue weighted by molar-refractivity contribution is 7.99. The summed E-state index contributed by atoms with van der Waals surface area (Å²) in [6.07, 6.45) is 0. The highest BCUT2D eigenvalue weighted by atomic mass is 32.2. The van der Waals surface area contributed by atoms with Gasteiger partial charge in [0.25, 0.3) is 0 Å². The third-order valence-electron chi connectivity index (χ3n) is 5.12. The molecule has 1 N–H and O–H groups in total. The molecule has 1 heterocycles. The van der Waals surface area contributed by atoms with E-state index in [2.05, 4.69) is 29.4 Å². The van der Waals surface area contributed by atoms with Gasteiger partial charge in [-0.3, -0.25) is 4.79 Å². The number of nitrogens with one attached hydrogen (secondary N) is 1. The van der Waals surface area contributed by atoms with E-state index in [0.29, 0.717) is 30.1 Å². The van der Waals surface area contributed by atoms with Gasteiger partial charge in [0.2, 0.25) is 5.91 Å². The van der Waals surface area contributed by atoms with E-state index in [4.69, 9.17) is 14.2 Å². The molecule has 11 heteroatoms. The first-order valence-corrected chi connectivity index (χ1v) is 12.6. The van der Waals surface area contributed by atoms with Crippen LogP contribution in [0.5, 0.6) is 5.75 Å². The van der Waals surface area contributed by atoms with Crippen LogP contribution in [0.2, 0.25) is 0 Å². The number of carbonyl (C=O) groups is 3. The Morgan fingerprint density at radius 1 is 0.973 bits per heavy atom. The van der Waals surface area contributed by atoms with E-state index in [9.17, 15) is 14.4 Å². The molecule has 0 bridgehead atoms. The van der Waals surface area contributed by atoms with Crippen LogP contribution in [0.15, 0.2) is 47.6 Å².